The van der Waals surface area contributed by atoms with Gasteiger partial charge in [-0.1, -0.05) is 19.9 Å². The van der Waals surface area contributed by atoms with Crippen molar-refractivity contribution in [1.29, 1.82) is 0 Å². The fourth-order valence-corrected chi connectivity index (χ4v) is 2.47. The van der Waals surface area contributed by atoms with Crippen LogP contribution in [0.4, 0.5) is 4.39 Å². The number of halogens is 1. The molecule has 1 nitrogen and oxygen atoms in total. The maximum Gasteiger partial charge on any atom is 0.123 e. The number of hydrogen-bond acceptors (Lipinski definition) is 1. The minimum absolute atomic E-state index is 0.138. The van der Waals surface area contributed by atoms with Gasteiger partial charge in [0.05, 0.1) is 0 Å². The zero-order chi connectivity index (χ0) is 12.5. The van der Waals surface area contributed by atoms with E-state index >= 15 is 0 Å². The third-order valence-corrected chi connectivity index (χ3v) is 3.88. The fourth-order valence-electron chi connectivity index (χ4n) is 2.47. The van der Waals surface area contributed by atoms with Crippen LogP contribution in [-0.2, 0) is 0 Å². The Morgan fingerprint density at radius 1 is 1.41 bits per heavy atom. The molecule has 0 radical (unpaired) electrons. The molecular weight excluding hydrogens is 213 g/mol. The molecule has 1 N–H and O–H groups in total. The SMILES string of the molecule is CCCNC(c1ccc(F)cc1C)C1(C)CC1. The van der Waals surface area contributed by atoms with E-state index < -0.39 is 0 Å². The van der Waals surface area contributed by atoms with E-state index in [1.807, 2.05) is 13.0 Å². The van der Waals surface area contributed by atoms with Crippen LogP contribution in [0.3, 0.4) is 0 Å². The molecule has 0 amide bonds. The van der Waals surface area contributed by atoms with Gasteiger partial charge >= 0.3 is 0 Å². The smallest absolute Gasteiger partial charge is 0.123 e. The van der Waals surface area contributed by atoms with E-state index in [0.717, 1.165) is 18.5 Å². The van der Waals surface area contributed by atoms with Gasteiger partial charge in [-0.15, -0.1) is 0 Å². The molecule has 1 saturated carbocycles. The monoisotopic (exact) mass is 235 g/mol. The lowest BCUT2D eigenvalue weighted by atomic mass is 9.89. The van der Waals surface area contributed by atoms with Gasteiger partial charge in [-0.3, -0.25) is 0 Å². The van der Waals surface area contributed by atoms with Crippen molar-refractivity contribution in [3.8, 4) is 0 Å². The van der Waals surface area contributed by atoms with Crippen molar-refractivity contribution in [3.63, 3.8) is 0 Å². The second-order valence-electron chi connectivity index (χ2n) is 5.54. The lowest BCUT2D eigenvalue weighted by molar-refractivity contribution is 0.365. The maximum atomic E-state index is 13.2. The largest absolute Gasteiger partial charge is 0.309 e. The van der Waals surface area contributed by atoms with Crippen LogP contribution in [0.15, 0.2) is 18.2 Å². The van der Waals surface area contributed by atoms with E-state index in [4.69, 9.17) is 0 Å². The summed E-state index contributed by atoms with van der Waals surface area (Å²) in [6, 6.07) is 5.54. The van der Waals surface area contributed by atoms with Crippen molar-refractivity contribution in [1.82, 2.24) is 5.32 Å². The molecule has 1 unspecified atom stereocenters. The minimum atomic E-state index is -0.138. The standard InChI is InChI=1S/C15H22FN/c1-4-9-17-14(15(3)7-8-15)13-6-5-12(16)10-11(13)2/h5-6,10,14,17H,4,7-9H2,1-3H3. The molecule has 2 rings (SSSR count). The Morgan fingerprint density at radius 3 is 2.65 bits per heavy atom. The molecule has 0 bridgehead atoms. The first-order valence-electron chi connectivity index (χ1n) is 6.56. The van der Waals surface area contributed by atoms with Crippen LogP contribution in [0.25, 0.3) is 0 Å². The number of aryl methyl sites for hydroxylation is 1. The molecule has 0 aliphatic heterocycles. The van der Waals surface area contributed by atoms with Crippen molar-refractivity contribution in [3.05, 3.63) is 35.1 Å². The third-order valence-electron chi connectivity index (χ3n) is 3.88. The molecule has 1 atom stereocenters. The van der Waals surface area contributed by atoms with Gasteiger partial charge in [0.25, 0.3) is 0 Å². The number of benzene rings is 1. The molecule has 0 saturated heterocycles. The van der Waals surface area contributed by atoms with Crippen LogP contribution in [-0.4, -0.2) is 6.54 Å². The molecule has 1 aliphatic carbocycles. The molecule has 0 aromatic heterocycles. The van der Waals surface area contributed by atoms with E-state index in [1.165, 1.54) is 18.4 Å². The molecule has 1 aliphatic rings. The quantitative estimate of drug-likeness (QED) is 0.814. The van der Waals surface area contributed by atoms with Crippen LogP contribution in [0.2, 0.25) is 0 Å². The summed E-state index contributed by atoms with van der Waals surface area (Å²) in [5.41, 5.74) is 2.70. The summed E-state index contributed by atoms with van der Waals surface area (Å²) in [4.78, 5) is 0. The maximum absolute atomic E-state index is 13.2. The highest BCUT2D eigenvalue weighted by atomic mass is 19.1. The Kier molecular flexibility index (Phi) is 3.53. The third kappa shape index (κ3) is 2.68. The first-order valence-corrected chi connectivity index (χ1v) is 6.56. The van der Waals surface area contributed by atoms with E-state index in [2.05, 4.69) is 19.2 Å². The van der Waals surface area contributed by atoms with Gasteiger partial charge in [0.15, 0.2) is 0 Å². The van der Waals surface area contributed by atoms with Crippen molar-refractivity contribution >= 4 is 0 Å². The van der Waals surface area contributed by atoms with Gasteiger partial charge in [-0.2, -0.15) is 0 Å². The first kappa shape index (κ1) is 12.6. The van der Waals surface area contributed by atoms with E-state index in [9.17, 15) is 4.39 Å². The Hall–Kier alpha value is -0.890. The Balaban J connectivity index is 2.25. The highest BCUT2D eigenvalue weighted by molar-refractivity contribution is 5.32. The second kappa shape index (κ2) is 4.77. The molecule has 1 aromatic carbocycles. The number of rotatable bonds is 5. The summed E-state index contributed by atoms with van der Waals surface area (Å²) < 4.78 is 13.2. The number of nitrogens with one attached hydrogen (secondary N) is 1. The van der Waals surface area contributed by atoms with Crippen LogP contribution in [0.5, 0.6) is 0 Å². The summed E-state index contributed by atoms with van der Waals surface area (Å²) in [7, 11) is 0. The Labute approximate surface area is 103 Å². The normalized spacial score (nSPS) is 19.1. The van der Waals surface area contributed by atoms with Gasteiger partial charge in [0.2, 0.25) is 0 Å². The van der Waals surface area contributed by atoms with Crippen LogP contribution < -0.4 is 5.32 Å². The number of hydrogen-bond donors (Lipinski definition) is 1. The van der Waals surface area contributed by atoms with E-state index in [0.29, 0.717) is 11.5 Å². The molecule has 0 spiro atoms. The topological polar surface area (TPSA) is 12.0 Å². The molecule has 2 heteroatoms. The zero-order valence-corrected chi connectivity index (χ0v) is 11.0. The van der Waals surface area contributed by atoms with Crippen LogP contribution >= 0.6 is 0 Å². The summed E-state index contributed by atoms with van der Waals surface area (Å²) in [5, 5.41) is 3.63. The van der Waals surface area contributed by atoms with Crippen molar-refractivity contribution in [2.75, 3.05) is 6.54 Å². The lowest BCUT2D eigenvalue weighted by Gasteiger charge is -2.27. The van der Waals surface area contributed by atoms with Crippen LogP contribution in [0, 0.1) is 18.2 Å². The fraction of sp³-hybridized carbons (Fsp3) is 0.600. The van der Waals surface area contributed by atoms with E-state index in [-0.39, 0.29) is 5.82 Å². The van der Waals surface area contributed by atoms with E-state index in [1.54, 1.807) is 12.1 Å². The minimum Gasteiger partial charge on any atom is -0.309 e. The molecule has 94 valence electrons. The van der Waals surface area contributed by atoms with Crippen molar-refractivity contribution in [2.45, 2.75) is 46.1 Å². The van der Waals surface area contributed by atoms with Gasteiger partial charge < -0.3 is 5.32 Å². The zero-order valence-electron chi connectivity index (χ0n) is 11.0. The van der Waals surface area contributed by atoms with Crippen LogP contribution in [0.1, 0.15) is 50.3 Å². The summed E-state index contributed by atoms with van der Waals surface area (Å²) in [6.45, 7) is 7.53. The van der Waals surface area contributed by atoms with Gasteiger partial charge in [-0.25, -0.2) is 4.39 Å². The molecular formula is C15H22FN. The van der Waals surface area contributed by atoms with Crippen molar-refractivity contribution < 1.29 is 4.39 Å². The van der Waals surface area contributed by atoms with Gasteiger partial charge in [0, 0.05) is 6.04 Å². The molecule has 0 heterocycles. The highest BCUT2D eigenvalue weighted by Gasteiger charge is 2.45. The first-order chi connectivity index (χ1) is 8.07. The van der Waals surface area contributed by atoms with Crippen molar-refractivity contribution in [2.24, 2.45) is 5.41 Å². The lowest BCUT2D eigenvalue weighted by Crippen LogP contribution is -2.29. The van der Waals surface area contributed by atoms with Gasteiger partial charge in [-0.05, 0) is 61.4 Å². The summed E-state index contributed by atoms with van der Waals surface area (Å²) >= 11 is 0. The Morgan fingerprint density at radius 2 is 2.12 bits per heavy atom. The predicted octanol–water partition coefficient (Wildman–Crippen LogP) is 3.97. The molecule has 1 fully saturated rings. The summed E-state index contributed by atoms with van der Waals surface area (Å²) in [5.74, 6) is -0.138. The average molecular weight is 235 g/mol. The second-order valence-corrected chi connectivity index (χ2v) is 5.54. The average Bonchev–Trinajstić information content (AvgIpc) is 3.00. The summed E-state index contributed by atoms with van der Waals surface area (Å²) in [6.07, 6.45) is 3.67. The molecule has 17 heavy (non-hydrogen) atoms. The predicted molar refractivity (Wildman–Crippen MR) is 69.5 cm³/mol. The molecule has 1 aromatic rings. The van der Waals surface area contributed by atoms with Gasteiger partial charge in [0.1, 0.15) is 5.82 Å². The highest BCUT2D eigenvalue weighted by Crippen LogP contribution is 2.54. The Bertz CT molecular complexity index is 396.